The Bertz CT molecular complexity index is 909. The largest absolute Gasteiger partial charge is 0.479 e. The number of rotatable bonds is 4. The first-order valence-electron chi connectivity index (χ1n) is 7.24. The van der Waals surface area contributed by atoms with Gasteiger partial charge in [0.1, 0.15) is 23.4 Å². The number of carbonyl (C=O) groups excluding carboxylic acids is 1. The summed E-state index contributed by atoms with van der Waals surface area (Å²) in [7, 11) is 0. The van der Waals surface area contributed by atoms with Crippen LogP contribution in [0.2, 0.25) is 0 Å². The Balaban J connectivity index is 1.46. The van der Waals surface area contributed by atoms with Gasteiger partial charge in [0.2, 0.25) is 0 Å². The Hall–Kier alpha value is -2.98. The van der Waals surface area contributed by atoms with Crippen LogP contribution in [0.25, 0.3) is 11.0 Å². The third-order valence-electron chi connectivity index (χ3n) is 3.17. The first kappa shape index (κ1) is 15.9. The first-order valence-corrected chi connectivity index (χ1v) is 7.97. The van der Waals surface area contributed by atoms with E-state index in [1.807, 2.05) is 19.1 Å². The second-order valence-corrected chi connectivity index (χ2v) is 5.46. The molecule has 120 valence electrons. The minimum atomic E-state index is -0.192. The number of pyridine rings is 1. The second kappa shape index (κ2) is 7.53. The van der Waals surface area contributed by atoms with E-state index in [4.69, 9.17) is 4.74 Å². The lowest BCUT2D eigenvalue weighted by Gasteiger charge is -2.01. The van der Waals surface area contributed by atoms with Crippen LogP contribution in [-0.4, -0.2) is 32.8 Å². The maximum Gasteiger partial charge on any atom is 0.252 e. The highest BCUT2D eigenvalue weighted by Gasteiger charge is 2.06. The molecule has 0 atom stereocenters. The molecule has 0 saturated carbocycles. The lowest BCUT2D eigenvalue weighted by Crippen LogP contribution is -2.23. The Labute approximate surface area is 143 Å². The monoisotopic (exact) mass is 338 g/mol. The van der Waals surface area contributed by atoms with E-state index < -0.39 is 0 Å². The van der Waals surface area contributed by atoms with E-state index in [9.17, 15) is 4.79 Å². The van der Waals surface area contributed by atoms with Gasteiger partial charge in [-0.1, -0.05) is 11.8 Å². The van der Waals surface area contributed by atoms with Gasteiger partial charge in [0.25, 0.3) is 5.91 Å². The smallest absolute Gasteiger partial charge is 0.252 e. The Morgan fingerprint density at radius 1 is 1.21 bits per heavy atom. The number of nitrogens with zero attached hydrogens (tertiary/aromatic N) is 3. The number of ether oxygens (including phenoxy) is 1. The molecular weight excluding hydrogens is 324 g/mol. The number of benzene rings is 1. The molecule has 6 nitrogen and oxygen atoms in total. The van der Waals surface area contributed by atoms with Crippen LogP contribution < -0.4 is 10.1 Å². The molecule has 0 fully saturated rings. The fraction of sp³-hybridized carbons (Fsp3) is 0.176. The van der Waals surface area contributed by atoms with E-state index >= 15 is 0 Å². The van der Waals surface area contributed by atoms with Gasteiger partial charge >= 0.3 is 0 Å². The molecule has 2 aromatic heterocycles. The van der Waals surface area contributed by atoms with Crippen molar-refractivity contribution in [3.05, 3.63) is 47.8 Å². The van der Waals surface area contributed by atoms with Crippen molar-refractivity contribution in [1.82, 2.24) is 19.0 Å². The van der Waals surface area contributed by atoms with Crippen LogP contribution in [0.1, 0.15) is 16.1 Å². The molecule has 2 heterocycles. The fourth-order valence-electron chi connectivity index (χ4n) is 1.92. The molecule has 3 rings (SSSR count). The molecule has 0 radical (unpaired) electrons. The number of hydrogen-bond donors (Lipinski definition) is 1. The topological polar surface area (TPSA) is 77.0 Å². The molecular formula is C17H14N4O2S. The van der Waals surface area contributed by atoms with Gasteiger partial charge in [0.05, 0.1) is 24.5 Å². The van der Waals surface area contributed by atoms with Gasteiger partial charge in [-0.2, -0.15) is 8.75 Å². The Kier molecular flexibility index (Phi) is 4.99. The number of aromatic nitrogens is 3. The van der Waals surface area contributed by atoms with Crippen LogP contribution in [0, 0.1) is 18.8 Å². The Morgan fingerprint density at radius 2 is 2.08 bits per heavy atom. The van der Waals surface area contributed by atoms with Crippen molar-refractivity contribution in [2.75, 3.05) is 13.2 Å². The van der Waals surface area contributed by atoms with Gasteiger partial charge < -0.3 is 10.1 Å². The van der Waals surface area contributed by atoms with Gasteiger partial charge in [0.15, 0.2) is 0 Å². The van der Waals surface area contributed by atoms with E-state index in [2.05, 4.69) is 30.9 Å². The standard InChI is InChI=1S/C17H14N4O2S/c1-12-4-6-14(11-19-12)23-9-3-2-8-18-17(22)13-5-7-15-16(10-13)21-24-20-15/h4-7,10-11H,8-9H2,1H3,(H,18,22). The van der Waals surface area contributed by atoms with Crippen LogP contribution in [0.4, 0.5) is 0 Å². The zero-order valence-corrected chi connectivity index (χ0v) is 13.8. The number of fused-ring (bicyclic) bond motifs is 1. The van der Waals surface area contributed by atoms with Crippen molar-refractivity contribution in [2.45, 2.75) is 6.92 Å². The maximum atomic E-state index is 12.0. The summed E-state index contributed by atoms with van der Waals surface area (Å²) in [6.07, 6.45) is 1.66. The van der Waals surface area contributed by atoms with Gasteiger partial charge in [-0.25, -0.2) is 0 Å². The normalized spacial score (nSPS) is 10.0. The molecule has 0 spiro atoms. The molecule has 0 aliphatic heterocycles. The predicted molar refractivity (Wildman–Crippen MR) is 92.0 cm³/mol. The second-order valence-electron chi connectivity index (χ2n) is 4.93. The van der Waals surface area contributed by atoms with Crippen LogP contribution in [0.5, 0.6) is 5.75 Å². The molecule has 0 aliphatic rings. The van der Waals surface area contributed by atoms with Crippen LogP contribution in [-0.2, 0) is 0 Å². The molecule has 3 aromatic rings. The highest BCUT2D eigenvalue weighted by molar-refractivity contribution is 7.00. The fourth-order valence-corrected chi connectivity index (χ4v) is 2.44. The summed E-state index contributed by atoms with van der Waals surface area (Å²) in [4.78, 5) is 16.2. The van der Waals surface area contributed by atoms with Gasteiger partial charge in [0, 0.05) is 11.3 Å². The summed E-state index contributed by atoms with van der Waals surface area (Å²) in [6.45, 7) is 2.41. The van der Waals surface area contributed by atoms with E-state index in [0.29, 0.717) is 11.3 Å². The predicted octanol–water partition coefficient (Wildman–Crippen LogP) is 2.21. The Morgan fingerprint density at radius 3 is 2.92 bits per heavy atom. The van der Waals surface area contributed by atoms with Gasteiger partial charge in [-0.15, -0.1) is 0 Å². The van der Waals surface area contributed by atoms with Crippen LogP contribution in [0.15, 0.2) is 36.5 Å². The molecule has 0 unspecified atom stereocenters. The average Bonchev–Trinajstić information content (AvgIpc) is 3.07. The van der Waals surface area contributed by atoms with Gasteiger partial charge in [-0.05, 0) is 37.3 Å². The van der Waals surface area contributed by atoms with Crippen molar-refractivity contribution in [3.8, 4) is 17.6 Å². The molecule has 7 heteroatoms. The zero-order valence-electron chi connectivity index (χ0n) is 12.9. The average molecular weight is 338 g/mol. The van der Waals surface area contributed by atoms with Crippen molar-refractivity contribution in [2.24, 2.45) is 0 Å². The number of carbonyl (C=O) groups is 1. The lowest BCUT2D eigenvalue weighted by molar-refractivity contribution is 0.0959. The summed E-state index contributed by atoms with van der Waals surface area (Å²) < 4.78 is 13.6. The van der Waals surface area contributed by atoms with Gasteiger partial charge in [-0.3, -0.25) is 9.78 Å². The van der Waals surface area contributed by atoms with E-state index in [-0.39, 0.29) is 19.1 Å². The minimum absolute atomic E-state index is 0.192. The molecule has 1 N–H and O–H groups in total. The molecule has 0 aliphatic carbocycles. The van der Waals surface area contributed by atoms with Crippen molar-refractivity contribution in [1.29, 1.82) is 0 Å². The summed E-state index contributed by atoms with van der Waals surface area (Å²) in [5, 5.41) is 2.74. The van der Waals surface area contributed by atoms with E-state index in [1.165, 1.54) is 0 Å². The summed E-state index contributed by atoms with van der Waals surface area (Å²) >= 11 is 1.13. The van der Waals surface area contributed by atoms with E-state index in [0.717, 1.165) is 28.5 Å². The SMILES string of the molecule is Cc1ccc(OCC#CCNC(=O)c2ccc3nsnc3c2)cn1. The summed E-state index contributed by atoms with van der Waals surface area (Å²) in [6, 6.07) is 8.94. The maximum absolute atomic E-state index is 12.0. The van der Waals surface area contributed by atoms with Crippen molar-refractivity contribution >= 4 is 28.7 Å². The highest BCUT2D eigenvalue weighted by atomic mass is 32.1. The lowest BCUT2D eigenvalue weighted by atomic mass is 10.2. The third-order valence-corrected chi connectivity index (χ3v) is 3.73. The molecule has 24 heavy (non-hydrogen) atoms. The number of hydrogen-bond acceptors (Lipinski definition) is 6. The summed E-state index contributed by atoms with van der Waals surface area (Å²) in [5.41, 5.74) is 2.99. The number of aryl methyl sites for hydroxylation is 1. The molecule has 0 bridgehead atoms. The zero-order chi connectivity index (χ0) is 16.8. The highest BCUT2D eigenvalue weighted by Crippen LogP contribution is 2.13. The third kappa shape index (κ3) is 4.06. The number of nitrogens with one attached hydrogen (secondary N) is 1. The number of amides is 1. The van der Waals surface area contributed by atoms with Crippen molar-refractivity contribution < 1.29 is 9.53 Å². The van der Waals surface area contributed by atoms with E-state index in [1.54, 1.807) is 24.4 Å². The van der Waals surface area contributed by atoms with Crippen LogP contribution in [0.3, 0.4) is 0 Å². The van der Waals surface area contributed by atoms with Crippen molar-refractivity contribution in [3.63, 3.8) is 0 Å². The summed E-state index contributed by atoms with van der Waals surface area (Å²) in [5.74, 6) is 6.17. The molecule has 1 amide bonds. The molecule has 0 saturated heterocycles. The molecule has 1 aromatic carbocycles. The minimum Gasteiger partial charge on any atom is -0.479 e. The first-order chi connectivity index (χ1) is 11.7. The van der Waals surface area contributed by atoms with Crippen LogP contribution >= 0.6 is 11.7 Å². The quantitative estimate of drug-likeness (QED) is 0.738.